The van der Waals surface area contributed by atoms with E-state index in [-0.39, 0.29) is 0 Å². The van der Waals surface area contributed by atoms with Crippen molar-refractivity contribution in [3.05, 3.63) is 42.0 Å². The highest BCUT2D eigenvalue weighted by Gasteiger charge is 1.91. The maximum absolute atomic E-state index is 5.30. The van der Waals surface area contributed by atoms with Gasteiger partial charge in [-0.15, -0.1) is 0 Å². The molecule has 0 spiro atoms. The van der Waals surface area contributed by atoms with Gasteiger partial charge in [0.2, 0.25) is 0 Å². The van der Waals surface area contributed by atoms with Crippen LogP contribution in [0.25, 0.3) is 6.08 Å². The summed E-state index contributed by atoms with van der Waals surface area (Å²) in [6.45, 7) is 0. The summed E-state index contributed by atoms with van der Waals surface area (Å²) in [5.74, 6) is 0.817. The maximum atomic E-state index is 5.30. The van der Waals surface area contributed by atoms with Gasteiger partial charge in [-0.25, -0.2) is 0 Å². The summed E-state index contributed by atoms with van der Waals surface area (Å²) in [6, 6.07) is 10.1. The van der Waals surface area contributed by atoms with Crippen molar-refractivity contribution >= 4 is 23.0 Å². The molecule has 0 aliphatic heterocycles. The normalized spacial score (nSPS) is 10.5. The van der Waals surface area contributed by atoms with E-state index in [0.29, 0.717) is 5.17 Å². The number of hydrogen-bond donors (Lipinski definition) is 2. The van der Waals surface area contributed by atoms with Gasteiger partial charge in [0.1, 0.15) is 0 Å². The fourth-order valence-electron chi connectivity index (χ4n) is 0.893. The molecule has 68 valence electrons. The average Bonchev–Trinajstić information content (AvgIpc) is 2.14. The number of amidine groups is 1. The molecule has 0 aliphatic rings. The molecule has 0 aromatic heterocycles. The minimum Gasteiger partial charge on any atom is -0.282 e. The van der Waals surface area contributed by atoms with Crippen LogP contribution in [0.3, 0.4) is 0 Å². The van der Waals surface area contributed by atoms with Crippen LogP contribution in [0.4, 0.5) is 0 Å². The molecule has 4 N–H and O–H groups in total. The Kier molecular flexibility index (Phi) is 4.12. The van der Waals surface area contributed by atoms with E-state index in [1.165, 1.54) is 17.3 Å². The Morgan fingerprint density at radius 3 is 2.69 bits per heavy atom. The fourth-order valence-corrected chi connectivity index (χ4v) is 1.28. The van der Waals surface area contributed by atoms with E-state index in [2.05, 4.69) is 18.2 Å². The lowest BCUT2D eigenvalue weighted by atomic mass is 10.2. The van der Waals surface area contributed by atoms with Crippen LogP contribution in [0.15, 0.2) is 36.4 Å². The van der Waals surface area contributed by atoms with Gasteiger partial charge < -0.3 is 0 Å². The highest BCUT2D eigenvalue weighted by molar-refractivity contribution is 8.13. The molecule has 0 aliphatic carbocycles. The van der Waals surface area contributed by atoms with Crippen LogP contribution in [0.5, 0.6) is 0 Å². The lowest BCUT2D eigenvalue weighted by Gasteiger charge is -1.90. The topological polar surface area (TPSA) is 51.6 Å². The second-order valence-corrected chi connectivity index (χ2v) is 3.62. The number of nitrogens with two attached hydrogens (primary N) is 2. The van der Waals surface area contributed by atoms with Gasteiger partial charge in [0.15, 0.2) is 0 Å². The molecular weight excluding hydrogens is 180 g/mol. The lowest BCUT2D eigenvalue weighted by molar-refractivity contribution is -0.110. The van der Waals surface area contributed by atoms with Crippen molar-refractivity contribution in [2.45, 2.75) is 0 Å². The molecule has 3 heteroatoms. The largest absolute Gasteiger partial charge is 0.300 e. The van der Waals surface area contributed by atoms with Crippen LogP contribution >= 0.6 is 11.8 Å². The summed E-state index contributed by atoms with van der Waals surface area (Å²) in [4.78, 5) is 0. The van der Waals surface area contributed by atoms with Crippen molar-refractivity contribution in [3.8, 4) is 0 Å². The molecule has 1 rings (SSSR count). The van der Waals surface area contributed by atoms with Gasteiger partial charge in [-0.1, -0.05) is 42.5 Å². The molecule has 0 atom stereocenters. The van der Waals surface area contributed by atoms with E-state index < -0.39 is 0 Å². The monoisotopic (exact) mass is 193 g/mol. The van der Waals surface area contributed by atoms with Gasteiger partial charge >= 0.3 is 0 Å². The lowest BCUT2D eigenvalue weighted by Crippen LogP contribution is -2.43. The molecule has 0 fully saturated rings. The molecule has 0 saturated carbocycles. The Hall–Kier alpha value is -1.22. The van der Waals surface area contributed by atoms with E-state index in [0.717, 1.165) is 5.75 Å². The Bertz CT molecular complexity index is 293. The zero-order valence-electron chi connectivity index (χ0n) is 7.31. The van der Waals surface area contributed by atoms with Crippen LogP contribution in [0.2, 0.25) is 0 Å². The molecule has 0 bridgehead atoms. The molecule has 0 radical (unpaired) electrons. The first-order chi connectivity index (χ1) is 6.29. The Labute approximate surface area is 82.3 Å². The van der Waals surface area contributed by atoms with Crippen LogP contribution in [0, 0.1) is 0 Å². The summed E-state index contributed by atoms with van der Waals surface area (Å²) in [5.41, 5.74) is 6.49. The summed E-state index contributed by atoms with van der Waals surface area (Å²) in [7, 11) is 0. The highest BCUT2D eigenvalue weighted by atomic mass is 32.2. The summed E-state index contributed by atoms with van der Waals surface area (Å²) >= 11 is 1.44. The van der Waals surface area contributed by atoms with E-state index >= 15 is 0 Å². The predicted octanol–water partition coefficient (Wildman–Crippen LogP) is 0.507. The standard InChI is InChI=1S/C10H12N2S/c11-10(12)13-8-4-7-9-5-2-1-3-6-9/h1-7H,8H2,(H3,11,12)/p+1/b7-4+. The van der Waals surface area contributed by atoms with Crippen molar-refractivity contribution in [1.29, 1.82) is 0 Å². The molecule has 0 heterocycles. The van der Waals surface area contributed by atoms with Crippen LogP contribution in [-0.4, -0.2) is 10.9 Å². The maximum Gasteiger partial charge on any atom is 0.300 e. The quantitative estimate of drug-likeness (QED) is 0.543. The van der Waals surface area contributed by atoms with Crippen LogP contribution in [0.1, 0.15) is 5.56 Å². The van der Waals surface area contributed by atoms with Crippen molar-refractivity contribution in [2.24, 2.45) is 5.73 Å². The van der Waals surface area contributed by atoms with Gasteiger partial charge in [0, 0.05) is 5.75 Å². The van der Waals surface area contributed by atoms with Crippen LogP contribution < -0.4 is 11.1 Å². The fraction of sp³-hybridized carbons (Fsp3) is 0.100. The van der Waals surface area contributed by atoms with Gasteiger partial charge in [-0.05, 0) is 17.3 Å². The molecule has 1 aromatic rings. The molecule has 2 nitrogen and oxygen atoms in total. The summed E-state index contributed by atoms with van der Waals surface area (Å²) in [6.07, 6.45) is 4.09. The smallest absolute Gasteiger partial charge is 0.282 e. The van der Waals surface area contributed by atoms with Gasteiger partial charge in [0.05, 0.1) is 0 Å². The van der Waals surface area contributed by atoms with Crippen molar-refractivity contribution in [2.75, 3.05) is 5.75 Å². The number of thioether (sulfide) groups is 1. The van der Waals surface area contributed by atoms with Gasteiger partial charge in [0.25, 0.3) is 5.17 Å². The second-order valence-electron chi connectivity index (χ2n) is 2.53. The molecule has 0 saturated heterocycles. The SMILES string of the molecule is NC(=[NH2+])SC/C=C/c1ccccc1. The van der Waals surface area contributed by atoms with E-state index in [1.807, 2.05) is 24.3 Å². The number of rotatable bonds is 3. The van der Waals surface area contributed by atoms with E-state index in [1.54, 1.807) is 0 Å². The predicted molar refractivity (Wildman–Crippen MR) is 59.1 cm³/mol. The van der Waals surface area contributed by atoms with Gasteiger partial charge in [-0.3, -0.25) is 11.1 Å². The first-order valence-electron chi connectivity index (χ1n) is 4.01. The Morgan fingerprint density at radius 2 is 2.08 bits per heavy atom. The van der Waals surface area contributed by atoms with Crippen molar-refractivity contribution in [3.63, 3.8) is 0 Å². The summed E-state index contributed by atoms with van der Waals surface area (Å²) < 4.78 is 0. The highest BCUT2D eigenvalue weighted by Crippen LogP contribution is 2.03. The Morgan fingerprint density at radius 1 is 1.38 bits per heavy atom. The van der Waals surface area contributed by atoms with Crippen LogP contribution in [-0.2, 0) is 0 Å². The third-order valence-electron chi connectivity index (χ3n) is 1.46. The summed E-state index contributed by atoms with van der Waals surface area (Å²) in [5, 5.41) is 5.71. The Balaban J connectivity index is 2.37. The molecule has 13 heavy (non-hydrogen) atoms. The zero-order chi connectivity index (χ0) is 9.52. The van der Waals surface area contributed by atoms with E-state index in [4.69, 9.17) is 11.1 Å². The third kappa shape index (κ3) is 4.38. The first-order valence-corrected chi connectivity index (χ1v) is 5.00. The van der Waals surface area contributed by atoms with Gasteiger partial charge in [-0.2, -0.15) is 0 Å². The third-order valence-corrected chi connectivity index (χ3v) is 2.15. The number of benzene rings is 1. The molecule has 0 unspecified atom stereocenters. The molecule has 0 amide bonds. The second kappa shape index (κ2) is 5.43. The minimum absolute atomic E-state index is 0.415. The first kappa shape index (κ1) is 9.86. The van der Waals surface area contributed by atoms with Crippen molar-refractivity contribution in [1.82, 2.24) is 0 Å². The number of hydrogen-bond acceptors (Lipinski definition) is 1. The molecule has 1 aromatic carbocycles. The van der Waals surface area contributed by atoms with E-state index in [9.17, 15) is 0 Å². The minimum atomic E-state index is 0.415. The zero-order valence-corrected chi connectivity index (χ0v) is 8.13. The average molecular weight is 193 g/mol. The van der Waals surface area contributed by atoms with Crippen molar-refractivity contribution < 1.29 is 5.41 Å². The molecular formula is C10H13N2S+.